The molecule has 0 unspecified atom stereocenters. The van der Waals surface area contributed by atoms with Crippen LogP contribution in [0.4, 0.5) is 13.2 Å². The van der Waals surface area contributed by atoms with E-state index in [9.17, 15) is 18.0 Å². The highest BCUT2D eigenvalue weighted by atomic mass is 19.4. The molecule has 0 N–H and O–H groups in total. The molecule has 0 heterocycles. The molecule has 0 aromatic heterocycles. The van der Waals surface area contributed by atoms with Crippen LogP contribution in [0, 0.1) is 0 Å². The van der Waals surface area contributed by atoms with Gasteiger partial charge in [0.1, 0.15) is 5.75 Å². The van der Waals surface area contributed by atoms with E-state index in [1.807, 2.05) is 6.07 Å². The average molecular weight is 367 g/mol. The van der Waals surface area contributed by atoms with Crippen LogP contribution in [0.25, 0.3) is 0 Å². The summed E-state index contributed by atoms with van der Waals surface area (Å²) in [6, 6.07) is 11.4. The minimum Gasteiger partial charge on any atom is -0.497 e. The van der Waals surface area contributed by atoms with Crippen molar-refractivity contribution in [1.29, 1.82) is 0 Å². The fourth-order valence-corrected chi connectivity index (χ4v) is 2.72. The topological polar surface area (TPSA) is 38.8 Å². The molecule has 0 aliphatic heterocycles. The zero-order chi connectivity index (χ0) is 19.3. The van der Waals surface area contributed by atoms with E-state index in [2.05, 4.69) is 0 Å². The largest absolute Gasteiger partial charge is 0.497 e. The minimum absolute atomic E-state index is 0.394. The lowest BCUT2D eigenvalue weighted by molar-refractivity contribution is -0.140. The van der Waals surface area contributed by atoms with Crippen molar-refractivity contribution in [2.45, 2.75) is 25.6 Å². The Morgan fingerprint density at radius 2 is 1.81 bits per heavy atom. The predicted octanol–water partition coefficient (Wildman–Crippen LogP) is 4.35. The first-order valence-corrected chi connectivity index (χ1v) is 7.94. The van der Waals surface area contributed by atoms with Gasteiger partial charge >= 0.3 is 6.18 Å². The number of hydrogen-bond acceptors (Lipinski definition) is 3. The lowest BCUT2D eigenvalue weighted by Crippen LogP contribution is -2.39. The molecular formula is C19H20F3NO3. The summed E-state index contributed by atoms with van der Waals surface area (Å²) in [6.07, 6.45) is -4.23. The molecule has 2 aromatic rings. The van der Waals surface area contributed by atoms with Gasteiger partial charge in [0.2, 0.25) is 0 Å². The molecule has 0 aliphatic rings. The Morgan fingerprint density at radius 1 is 1.12 bits per heavy atom. The number of ether oxygens (including phenoxy) is 1. The summed E-state index contributed by atoms with van der Waals surface area (Å²) < 4.78 is 44.7. The van der Waals surface area contributed by atoms with Gasteiger partial charge < -0.3 is 4.74 Å². The third-order valence-corrected chi connectivity index (χ3v) is 3.93. The van der Waals surface area contributed by atoms with Gasteiger partial charge in [-0.05, 0) is 43.2 Å². The minimum atomic E-state index is -4.62. The van der Waals surface area contributed by atoms with Crippen LogP contribution >= 0.6 is 0 Å². The van der Waals surface area contributed by atoms with Crippen molar-refractivity contribution in [2.24, 2.45) is 0 Å². The highest BCUT2D eigenvalue weighted by Gasteiger charge is 2.36. The number of hydrogen-bond donors (Lipinski definition) is 0. The number of halogens is 3. The molecular weight excluding hydrogens is 347 g/mol. The quantitative estimate of drug-likeness (QED) is 0.713. The second-order valence-corrected chi connectivity index (χ2v) is 5.76. The van der Waals surface area contributed by atoms with Gasteiger partial charge in [0.25, 0.3) is 5.91 Å². The van der Waals surface area contributed by atoms with E-state index >= 15 is 0 Å². The van der Waals surface area contributed by atoms with Crippen LogP contribution < -0.4 is 4.74 Å². The second kappa shape index (κ2) is 8.23. The van der Waals surface area contributed by atoms with Gasteiger partial charge in [-0.25, -0.2) is 5.06 Å². The molecule has 0 radical (unpaired) electrons. The first-order valence-electron chi connectivity index (χ1n) is 7.94. The van der Waals surface area contributed by atoms with Crippen molar-refractivity contribution in [3.8, 4) is 5.75 Å². The number of carbonyl (C=O) groups is 1. The molecule has 4 nitrogen and oxygen atoms in total. The molecule has 26 heavy (non-hydrogen) atoms. The highest BCUT2D eigenvalue weighted by molar-refractivity contribution is 5.95. The smallest absolute Gasteiger partial charge is 0.417 e. The molecule has 2 rings (SSSR count). The van der Waals surface area contributed by atoms with Crippen LogP contribution in [-0.2, 0) is 17.4 Å². The van der Waals surface area contributed by atoms with Crippen molar-refractivity contribution in [1.82, 2.24) is 5.06 Å². The first-order chi connectivity index (χ1) is 12.3. The lowest BCUT2D eigenvalue weighted by Gasteiger charge is -2.27. The van der Waals surface area contributed by atoms with Gasteiger partial charge in [0.15, 0.2) is 0 Å². The third kappa shape index (κ3) is 4.54. The number of methoxy groups -OCH3 is 1. The van der Waals surface area contributed by atoms with E-state index in [1.165, 1.54) is 19.2 Å². The van der Waals surface area contributed by atoms with Crippen LogP contribution in [0.1, 0.15) is 28.4 Å². The molecule has 0 saturated carbocycles. The molecule has 140 valence electrons. The van der Waals surface area contributed by atoms with Gasteiger partial charge in [0, 0.05) is 0 Å². The summed E-state index contributed by atoms with van der Waals surface area (Å²) in [4.78, 5) is 17.8. The Hall–Kier alpha value is -2.54. The lowest BCUT2D eigenvalue weighted by atomic mass is 10.0. The van der Waals surface area contributed by atoms with E-state index < -0.39 is 29.3 Å². The molecule has 7 heteroatoms. The number of amides is 1. The zero-order valence-corrected chi connectivity index (χ0v) is 14.7. The van der Waals surface area contributed by atoms with Crippen LogP contribution in [0.5, 0.6) is 5.75 Å². The average Bonchev–Trinajstić information content (AvgIpc) is 2.61. The number of carbonyl (C=O) groups excluding carboxylic acids is 1. The van der Waals surface area contributed by atoms with Gasteiger partial charge in [-0.2, -0.15) is 13.2 Å². The highest BCUT2D eigenvalue weighted by Crippen LogP contribution is 2.32. The van der Waals surface area contributed by atoms with Crippen molar-refractivity contribution in [3.05, 3.63) is 65.2 Å². The molecule has 0 spiro atoms. The molecule has 0 fully saturated rings. The molecule has 0 saturated heterocycles. The monoisotopic (exact) mass is 367 g/mol. The van der Waals surface area contributed by atoms with Crippen molar-refractivity contribution < 1.29 is 27.5 Å². The van der Waals surface area contributed by atoms with E-state index in [4.69, 9.17) is 9.57 Å². The van der Waals surface area contributed by atoms with Crippen molar-refractivity contribution in [2.75, 3.05) is 14.2 Å². The summed E-state index contributed by atoms with van der Waals surface area (Å²) in [6.45, 7) is 1.71. The Bertz CT molecular complexity index is 762. The molecule has 1 atom stereocenters. The fourth-order valence-electron chi connectivity index (χ4n) is 2.72. The Kier molecular flexibility index (Phi) is 6.26. The van der Waals surface area contributed by atoms with E-state index in [0.29, 0.717) is 12.2 Å². The fraction of sp³-hybridized carbons (Fsp3) is 0.316. The van der Waals surface area contributed by atoms with Crippen LogP contribution in [0.15, 0.2) is 48.5 Å². The molecule has 1 amide bonds. The second-order valence-electron chi connectivity index (χ2n) is 5.76. The summed E-state index contributed by atoms with van der Waals surface area (Å²) in [7, 11) is 2.80. The Labute approximate surface area is 150 Å². The van der Waals surface area contributed by atoms with Gasteiger partial charge in [-0.1, -0.05) is 24.3 Å². The number of benzene rings is 2. The van der Waals surface area contributed by atoms with Crippen LogP contribution in [0.3, 0.4) is 0 Å². The predicted molar refractivity (Wildman–Crippen MR) is 90.8 cm³/mol. The number of nitrogens with zero attached hydrogens (tertiary/aromatic N) is 1. The number of alkyl halides is 3. The van der Waals surface area contributed by atoms with Gasteiger partial charge in [-0.3, -0.25) is 9.63 Å². The maximum atomic E-state index is 13.2. The van der Waals surface area contributed by atoms with Gasteiger partial charge in [0.05, 0.1) is 31.4 Å². The molecule has 0 bridgehead atoms. The maximum Gasteiger partial charge on any atom is 0.417 e. The van der Waals surface area contributed by atoms with E-state index in [1.54, 1.807) is 32.2 Å². The summed E-state index contributed by atoms with van der Waals surface area (Å²) in [5.41, 5.74) is -0.559. The van der Waals surface area contributed by atoms with Crippen molar-refractivity contribution >= 4 is 5.91 Å². The van der Waals surface area contributed by atoms with Crippen LogP contribution in [-0.4, -0.2) is 31.2 Å². The maximum absolute atomic E-state index is 13.2. The van der Waals surface area contributed by atoms with E-state index in [0.717, 1.165) is 22.8 Å². The SMILES string of the molecule is COc1cccc(C[C@H](C)N(OC)C(=O)c2ccccc2C(F)(F)F)c1. The number of hydroxylamine groups is 2. The first kappa shape index (κ1) is 19.8. The summed E-state index contributed by atoms with van der Waals surface area (Å²) >= 11 is 0. The third-order valence-electron chi connectivity index (χ3n) is 3.93. The van der Waals surface area contributed by atoms with Gasteiger partial charge in [-0.15, -0.1) is 0 Å². The standard InChI is InChI=1S/C19H20F3NO3/c1-13(11-14-7-6-8-15(12-14)25-2)23(26-3)18(24)16-9-4-5-10-17(16)19(20,21)22/h4-10,12-13H,11H2,1-3H3/t13-/m0/s1. The Balaban J connectivity index is 2.26. The number of rotatable bonds is 6. The Morgan fingerprint density at radius 3 is 2.42 bits per heavy atom. The summed E-state index contributed by atoms with van der Waals surface area (Å²) in [5.74, 6) is -0.178. The molecule has 0 aliphatic carbocycles. The normalized spacial score (nSPS) is 12.5. The molecule has 2 aromatic carbocycles. The van der Waals surface area contributed by atoms with Crippen molar-refractivity contribution in [3.63, 3.8) is 0 Å². The van der Waals surface area contributed by atoms with E-state index in [-0.39, 0.29) is 0 Å². The zero-order valence-electron chi connectivity index (χ0n) is 14.7. The van der Waals surface area contributed by atoms with Crippen LogP contribution in [0.2, 0.25) is 0 Å². The summed E-state index contributed by atoms with van der Waals surface area (Å²) in [5, 5.41) is 0.962.